The van der Waals surface area contributed by atoms with Crippen LogP contribution in [0.25, 0.3) is 11.1 Å². The van der Waals surface area contributed by atoms with Crippen LogP contribution in [-0.4, -0.2) is 15.9 Å². The van der Waals surface area contributed by atoms with E-state index in [9.17, 15) is 18.0 Å². The second-order valence-corrected chi connectivity index (χ2v) is 6.75. The average Bonchev–Trinajstić information content (AvgIpc) is 2.79. The van der Waals surface area contributed by atoms with Crippen molar-refractivity contribution in [1.29, 1.82) is 0 Å². The zero-order valence-corrected chi connectivity index (χ0v) is 16.5. The standard InChI is InChI=1S/C24H16F3N3O2/c25-24(26,27)17-10-8-16(9-11-17)20-6-1-2-7-21(20)23(31)30-18-4-3-5-19(14-18)32-22-15-28-12-13-29-22/h1-15H,(H,30,31). The Bertz CT molecular complexity index is 1230. The van der Waals surface area contributed by atoms with Gasteiger partial charge in [-0.3, -0.25) is 9.78 Å². The van der Waals surface area contributed by atoms with Gasteiger partial charge in [0.25, 0.3) is 5.91 Å². The van der Waals surface area contributed by atoms with Crippen LogP contribution in [0.15, 0.2) is 91.4 Å². The lowest BCUT2D eigenvalue weighted by Crippen LogP contribution is -2.13. The van der Waals surface area contributed by atoms with Gasteiger partial charge in [0.2, 0.25) is 5.88 Å². The molecule has 32 heavy (non-hydrogen) atoms. The maximum absolute atomic E-state index is 12.9. The summed E-state index contributed by atoms with van der Waals surface area (Å²) < 4.78 is 44.2. The summed E-state index contributed by atoms with van der Waals surface area (Å²) in [6.45, 7) is 0. The number of carbonyl (C=O) groups excluding carboxylic acids is 1. The van der Waals surface area contributed by atoms with Crippen molar-refractivity contribution in [3.63, 3.8) is 0 Å². The Morgan fingerprint density at radius 2 is 1.69 bits per heavy atom. The molecule has 1 heterocycles. The molecule has 0 aliphatic carbocycles. The van der Waals surface area contributed by atoms with Gasteiger partial charge < -0.3 is 10.1 Å². The number of amides is 1. The number of rotatable bonds is 5. The van der Waals surface area contributed by atoms with E-state index < -0.39 is 17.6 Å². The number of alkyl halides is 3. The lowest BCUT2D eigenvalue weighted by atomic mass is 9.98. The molecule has 1 amide bonds. The Kier molecular flexibility index (Phi) is 5.85. The predicted octanol–water partition coefficient (Wildman–Crippen LogP) is 6.21. The summed E-state index contributed by atoms with van der Waals surface area (Å²) in [4.78, 5) is 20.9. The fourth-order valence-electron chi connectivity index (χ4n) is 3.07. The van der Waals surface area contributed by atoms with Crippen LogP contribution in [0.5, 0.6) is 11.6 Å². The van der Waals surface area contributed by atoms with E-state index in [-0.39, 0.29) is 0 Å². The second kappa shape index (κ2) is 8.89. The molecular formula is C24H16F3N3O2. The molecule has 0 bridgehead atoms. The molecule has 5 nitrogen and oxygen atoms in total. The number of carbonyl (C=O) groups is 1. The summed E-state index contributed by atoms with van der Waals surface area (Å²) in [5.74, 6) is 0.361. The molecule has 0 unspecified atom stereocenters. The summed E-state index contributed by atoms with van der Waals surface area (Å²) in [7, 11) is 0. The number of nitrogens with zero attached hydrogens (tertiary/aromatic N) is 2. The number of halogens is 3. The fraction of sp³-hybridized carbons (Fsp3) is 0.0417. The van der Waals surface area contributed by atoms with Gasteiger partial charge in [0.1, 0.15) is 5.75 Å². The van der Waals surface area contributed by atoms with E-state index in [4.69, 9.17) is 4.74 Å². The molecule has 8 heteroatoms. The minimum Gasteiger partial charge on any atom is -0.437 e. The SMILES string of the molecule is O=C(Nc1cccc(Oc2cnccn2)c1)c1ccccc1-c1ccc(C(F)(F)F)cc1. The highest BCUT2D eigenvalue weighted by molar-refractivity contribution is 6.08. The number of nitrogens with one attached hydrogen (secondary N) is 1. The number of hydrogen-bond acceptors (Lipinski definition) is 4. The zero-order valence-electron chi connectivity index (χ0n) is 16.5. The molecule has 4 aromatic rings. The monoisotopic (exact) mass is 435 g/mol. The van der Waals surface area contributed by atoms with E-state index in [2.05, 4.69) is 15.3 Å². The van der Waals surface area contributed by atoms with Crippen LogP contribution < -0.4 is 10.1 Å². The maximum atomic E-state index is 12.9. The van der Waals surface area contributed by atoms with Gasteiger partial charge in [-0.1, -0.05) is 36.4 Å². The van der Waals surface area contributed by atoms with Gasteiger partial charge in [0.05, 0.1) is 11.8 Å². The Morgan fingerprint density at radius 1 is 0.906 bits per heavy atom. The minimum absolute atomic E-state index is 0.309. The van der Waals surface area contributed by atoms with Crippen molar-refractivity contribution in [2.45, 2.75) is 6.18 Å². The van der Waals surface area contributed by atoms with Crippen molar-refractivity contribution in [3.05, 3.63) is 103 Å². The van der Waals surface area contributed by atoms with Crippen molar-refractivity contribution < 1.29 is 22.7 Å². The van der Waals surface area contributed by atoms with Crippen LogP contribution in [0.2, 0.25) is 0 Å². The summed E-state index contributed by atoms with van der Waals surface area (Å²) in [5.41, 5.74) is 1.09. The summed E-state index contributed by atoms with van der Waals surface area (Å²) in [5, 5.41) is 2.80. The molecule has 0 saturated heterocycles. The molecule has 0 saturated carbocycles. The van der Waals surface area contributed by atoms with Gasteiger partial charge >= 0.3 is 6.18 Å². The van der Waals surface area contributed by atoms with Crippen LogP contribution in [0.4, 0.5) is 18.9 Å². The van der Waals surface area contributed by atoms with Crippen molar-refractivity contribution >= 4 is 11.6 Å². The van der Waals surface area contributed by atoms with Crippen molar-refractivity contribution in [2.24, 2.45) is 0 Å². The summed E-state index contributed by atoms with van der Waals surface area (Å²) in [6.07, 6.45) is 0.0656. The Morgan fingerprint density at radius 3 is 2.41 bits per heavy atom. The molecule has 0 aliphatic rings. The van der Waals surface area contributed by atoms with Crippen LogP contribution in [0, 0.1) is 0 Å². The second-order valence-electron chi connectivity index (χ2n) is 6.75. The molecule has 0 atom stereocenters. The normalized spacial score (nSPS) is 11.1. The third kappa shape index (κ3) is 4.92. The number of ether oxygens (including phenoxy) is 1. The van der Waals surface area contributed by atoms with E-state index in [1.807, 2.05) is 0 Å². The van der Waals surface area contributed by atoms with E-state index in [0.29, 0.717) is 34.0 Å². The third-order valence-corrected chi connectivity index (χ3v) is 4.55. The predicted molar refractivity (Wildman–Crippen MR) is 113 cm³/mol. The summed E-state index contributed by atoms with van der Waals surface area (Å²) >= 11 is 0. The zero-order chi connectivity index (χ0) is 22.6. The molecule has 1 aromatic heterocycles. The fourth-order valence-corrected chi connectivity index (χ4v) is 3.07. The number of benzene rings is 3. The molecule has 1 N–H and O–H groups in total. The van der Waals surface area contributed by atoms with Crippen molar-refractivity contribution in [3.8, 4) is 22.8 Å². The summed E-state index contributed by atoms with van der Waals surface area (Å²) in [6, 6.07) is 18.2. The molecule has 4 rings (SSSR count). The topological polar surface area (TPSA) is 64.1 Å². The van der Waals surface area contributed by atoms with Gasteiger partial charge in [-0.2, -0.15) is 13.2 Å². The Labute approximate surface area is 181 Å². The molecule has 0 aliphatic heterocycles. The molecule has 0 fully saturated rings. The van der Waals surface area contributed by atoms with Crippen LogP contribution in [0.1, 0.15) is 15.9 Å². The first-order valence-electron chi connectivity index (χ1n) is 9.52. The largest absolute Gasteiger partial charge is 0.437 e. The van der Waals surface area contributed by atoms with Crippen LogP contribution in [-0.2, 0) is 6.18 Å². The van der Waals surface area contributed by atoms with Gasteiger partial charge in [-0.15, -0.1) is 0 Å². The number of hydrogen-bond donors (Lipinski definition) is 1. The van der Waals surface area contributed by atoms with Crippen molar-refractivity contribution in [2.75, 3.05) is 5.32 Å². The highest BCUT2D eigenvalue weighted by atomic mass is 19.4. The van der Waals surface area contributed by atoms with Gasteiger partial charge in [0, 0.05) is 29.7 Å². The quantitative estimate of drug-likeness (QED) is 0.405. The minimum atomic E-state index is -4.42. The highest BCUT2D eigenvalue weighted by Gasteiger charge is 2.30. The van der Waals surface area contributed by atoms with E-state index >= 15 is 0 Å². The first-order valence-corrected chi connectivity index (χ1v) is 9.52. The Hall–Kier alpha value is -4.20. The molecule has 160 valence electrons. The van der Waals surface area contributed by atoms with Gasteiger partial charge in [-0.25, -0.2) is 4.98 Å². The average molecular weight is 435 g/mol. The highest BCUT2D eigenvalue weighted by Crippen LogP contribution is 2.32. The number of aromatic nitrogens is 2. The molecular weight excluding hydrogens is 419 g/mol. The number of anilines is 1. The first-order chi connectivity index (χ1) is 15.4. The molecule has 0 spiro atoms. The van der Waals surface area contributed by atoms with Crippen LogP contribution in [0.3, 0.4) is 0 Å². The maximum Gasteiger partial charge on any atom is 0.416 e. The molecule has 0 radical (unpaired) electrons. The van der Waals surface area contributed by atoms with E-state index in [0.717, 1.165) is 12.1 Å². The third-order valence-electron chi connectivity index (χ3n) is 4.55. The lowest BCUT2D eigenvalue weighted by Gasteiger charge is -2.12. The smallest absolute Gasteiger partial charge is 0.416 e. The first kappa shape index (κ1) is 21.0. The van der Waals surface area contributed by atoms with Crippen LogP contribution >= 0.6 is 0 Å². The van der Waals surface area contributed by atoms with Gasteiger partial charge in [0.15, 0.2) is 0 Å². The lowest BCUT2D eigenvalue weighted by molar-refractivity contribution is -0.137. The van der Waals surface area contributed by atoms with Gasteiger partial charge in [-0.05, 0) is 41.5 Å². The van der Waals surface area contributed by atoms with E-state index in [1.54, 1.807) is 48.5 Å². The van der Waals surface area contributed by atoms with Crippen molar-refractivity contribution in [1.82, 2.24) is 9.97 Å². The molecule has 3 aromatic carbocycles. The van der Waals surface area contributed by atoms with E-state index in [1.165, 1.54) is 30.7 Å². The Balaban J connectivity index is 1.55.